The summed E-state index contributed by atoms with van der Waals surface area (Å²) in [7, 11) is 0. The lowest BCUT2D eigenvalue weighted by Crippen LogP contribution is -2.39. The summed E-state index contributed by atoms with van der Waals surface area (Å²) in [6.45, 7) is 4.52. The second-order valence-corrected chi connectivity index (χ2v) is 6.60. The van der Waals surface area contributed by atoms with Crippen LogP contribution in [0.1, 0.15) is 29.3 Å². The van der Waals surface area contributed by atoms with Crippen molar-refractivity contribution < 1.29 is 4.79 Å². The Morgan fingerprint density at radius 2 is 2.00 bits per heavy atom. The van der Waals surface area contributed by atoms with E-state index in [2.05, 4.69) is 25.8 Å². The number of hydrogen-bond donors (Lipinski definition) is 2. The third-order valence-electron chi connectivity index (χ3n) is 4.12. The van der Waals surface area contributed by atoms with Crippen molar-refractivity contribution in [2.24, 2.45) is 0 Å². The number of halogens is 1. The minimum absolute atomic E-state index is 0.0612. The number of aromatic nitrogens is 4. The van der Waals surface area contributed by atoms with Gasteiger partial charge in [0.1, 0.15) is 5.82 Å². The van der Waals surface area contributed by atoms with Crippen molar-refractivity contribution in [1.82, 2.24) is 25.3 Å². The second kappa shape index (κ2) is 8.64. The normalized spacial score (nSPS) is 11.8. The fraction of sp³-hybridized carbons (Fsp3) is 0.263. The van der Waals surface area contributed by atoms with Gasteiger partial charge in [-0.25, -0.2) is 4.98 Å². The third kappa shape index (κ3) is 4.83. The van der Waals surface area contributed by atoms with Gasteiger partial charge in [0, 0.05) is 18.8 Å². The maximum atomic E-state index is 12.9. The first-order valence-corrected chi connectivity index (χ1v) is 9.08. The number of amides is 1. The number of anilines is 1. The van der Waals surface area contributed by atoms with E-state index in [1.165, 1.54) is 4.80 Å². The number of hydrogen-bond acceptors (Lipinski definition) is 5. The summed E-state index contributed by atoms with van der Waals surface area (Å²) in [4.78, 5) is 18.6. The molecule has 0 saturated heterocycles. The Labute approximate surface area is 162 Å². The van der Waals surface area contributed by atoms with Crippen LogP contribution in [0.5, 0.6) is 0 Å². The molecule has 140 valence electrons. The molecule has 3 rings (SSSR count). The van der Waals surface area contributed by atoms with Gasteiger partial charge < -0.3 is 10.6 Å². The van der Waals surface area contributed by atoms with E-state index in [0.717, 1.165) is 12.0 Å². The van der Waals surface area contributed by atoms with Crippen LogP contribution in [-0.2, 0) is 0 Å². The van der Waals surface area contributed by atoms with Gasteiger partial charge in [0.25, 0.3) is 5.91 Å². The molecule has 8 heteroatoms. The second-order valence-electron chi connectivity index (χ2n) is 6.16. The average molecular weight is 385 g/mol. The number of nitrogens with one attached hydrogen (secondary N) is 2. The number of carbonyl (C=O) groups excluding carboxylic acids is 1. The quantitative estimate of drug-likeness (QED) is 0.653. The summed E-state index contributed by atoms with van der Waals surface area (Å²) in [6, 6.07) is 9.14. The number of rotatable bonds is 7. The van der Waals surface area contributed by atoms with Crippen LogP contribution in [0.15, 0.2) is 48.9 Å². The van der Waals surface area contributed by atoms with Crippen molar-refractivity contribution in [3.8, 4) is 5.69 Å². The number of carbonyl (C=O) groups is 1. The molecule has 2 heterocycles. The van der Waals surface area contributed by atoms with Crippen LogP contribution in [-0.4, -0.2) is 38.5 Å². The molecule has 0 bridgehead atoms. The highest BCUT2D eigenvalue weighted by molar-refractivity contribution is 6.30. The molecule has 27 heavy (non-hydrogen) atoms. The summed E-state index contributed by atoms with van der Waals surface area (Å²) in [5.74, 6) is 0.549. The van der Waals surface area contributed by atoms with E-state index < -0.39 is 0 Å². The minimum Gasteiger partial charge on any atom is -0.368 e. The number of pyridine rings is 1. The van der Waals surface area contributed by atoms with Gasteiger partial charge in [-0.3, -0.25) is 4.79 Å². The molecule has 0 unspecified atom stereocenters. The van der Waals surface area contributed by atoms with Crippen LogP contribution in [0.2, 0.25) is 5.02 Å². The predicted octanol–water partition coefficient (Wildman–Crippen LogP) is 3.24. The van der Waals surface area contributed by atoms with Crippen LogP contribution < -0.4 is 10.6 Å². The fourth-order valence-corrected chi connectivity index (χ4v) is 2.73. The Bertz CT molecular complexity index is 895. The topological polar surface area (TPSA) is 84.7 Å². The molecule has 0 aliphatic carbocycles. The van der Waals surface area contributed by atoms with Gasteiger partial charge in [0.2, 0.25) is 0 Å². The van der Waals surface area contributed by atoms with Gasteiger partial charge in [-0.1, -0.05) is 30.2 Å². The van der Waals surface area contributed by atoms with Crippen molar-refractivity contribution in [3.05, 3.63) is 65.1 Å². The summed E-state index contributed by atoms with van der Waals surface area (Å²) >= 11 is 5.85. The van der Waals surface area contributed by atoms with Crippen molar-refractivity contribution >= 4 is 23.3 Å². The zero-order chi connectivity index (χ0) is 19.2. The molecule has 1 atom stereocenters. The minimum atomic E-state index is -0.163. The molecule has 1 aromatic carbocycles. The van der Waals surface area contributed by atoms with Gasteiger partial charge in [0.05, 0.1) is 28.7 Å². The van der Waals surface area contributed by atoms with Crippen molar-refractivity contribution in [1.29, 1.82) is 0 Å². The van der Waals surface area contributed by atoms with E-state index in [4.69, 9.17) is 11.6 Å². The first kappa shape index (κ1) is 18.8. The molecule has 1 amide bonds. The third-order valence-corrected chi connectivity index (χ3v) is 4.34. The van der Waals surface area contributed by atoms with Crippen molar-refractivity contribution in [2.75, 3.05) is 11.9 Å². The molecule has 2 N–H and O–H groups in total. The average Bonchev–Trinajstić information content (AvgIpc) is 3.20. The maximum absolute atomic E-state index is 12.9. The molecular formula is C19H21ClN6O. The largest absolute Gasteiger partial charge is 0.368 e. The highest BCUT2D eigenvalue weighted by atomic mass is 35.5. The molecule has 0 fully saturated rings. The molecule has 0 radical (unpaired) electrons. The van der Waals surface area contributed by atoms with Gasteiger partial charge in [-0.05, 0) is 37.6 Å². The highest BCUT2D eigenvalue weighted by Crippen LogP contribution is 2.16. The zero-order valence-corrected chi connectivity index (χ0v) is 15.9. The van der Waals surface area contributed by atoms with Crippen LogP contribution >= 0.6 is 11.6 Å². The standard InChI is InChI=1S/C19H21ClN6O/c1-3-15(12-22-18-7-5-14(20)11-21-18)25-19(27)16-10-13(2)4-6-17(16)26-23-8-9-24-26/h4-11,15H,3,12H2,1-2H3,(H,21,22)(H,25,27)/t15-/m0/s1. The zero-order valence-electron chi connectivity index (χ0n) is 15.2. The number of aryl methyl sites for hydroxylation is 1. The predicted molar refractivity (Wildman–Crippen MR) is 105 cm³/mol. The lowest BCUT2D eigenvalue weighted by atomic mass is 10.1. The molecule has 2 aromatic heterocycles. The molecule has 0 spiro atoms. The van der Waals surface area contributed by atoms with E-state index in [-0.39, 0.29) is 11.9 Å². The fourth-order valence-electron chi connectivity index (χ4n) is 2.62. The SMILES string of the molecule is CC[C@@H](CNc1ccc(Cl)cn1)NC(=O)c1cc(C)ccc1-n1nccn1. The van der Waals surface area contributed by atoms with Crippen molar-refractivity contribution in [2.45, 2.75) is 26.3 Å². The van der Waals surface area contributed by atoms with Crippen LogP contribution in [0, 0.1) is 6.92 Å². The summed E-state index contributed by atoms with van der Waals surface area (Å²) in [6.07, 6.45) is 5.52. The van der Waals surface area contributed by atoms with E-state index in [9.17, 15) is 4.79 Å². The first-order chi connectivity index (χ1) is 13.1. The highest BCUT2D eigenvalue weighted by Gasteiger charge is 2.17. The van der Waals surface area contributed by atoms with Crippen molar-refractivity contribution in [3.63, 3.8) is 0 Å². The van der Waals surface area contributed by atoms with E-state index in [0.29, 0.717) is 28.6 Å². The van der Waals surface area contributed by atoms with E-state index >= 15 is 0 Å². The van der Waals surface area contributed by atoms with Gasteiger partial charge in [0.15, 0.2) is 0 Å². The molecule has 0 aliphatic heterocycles. The lowest BCUT2D eigenvalue weighted by molar-refractivity contribution is 0.0937. The van der Waals surface area contributed by atoms with E-state index in [1.807, 2.05) is 32.0 Å². The van der Waals surface area contributed by atoms with E-state index in [1.54, 1.807) is 30.7 Å². The Morgan fingerprint density at radius 1 is 1.22 bits per heavy atom. The monoisotopic (exact) mass is 384 g/mol. The molecule has 3 aromatic rings. The Kier molecular flexibility index (Phi) is 6.03. The van der Waals surface area contributed by atoms with Crippen LogP contribution in [0.4, 0.5) is 5.82 Å². The van der Waals surface area contributed by atoms with Crippen LogP contribution in [0.3, 0.4) is 0 Å². The summed E-state index contributed by atoms with van der Waals surface area (Å²) in [5, 5.41) is 15.1. The van der Waals surface area contributed by atoms with Gasteiger partial charge >= 0.3 is 0 Å². The smallest absolute Gasteiger partial charge is 0.253 e. The summed E-state index contributed by atoms with van der Waals surface area (Å²) < 4.78 is 0. The molecular weight excluding hydrogens is 364 g/mol. The Hall–Kier alpha value is -2.93. The van der Waals surface area contributed by atoms with Gasteiger partial charge in [-0.2, -0.15) is 15.0 Å². The Balaban J connectivity index is 1.71. The first-order valence-electron chi connectivity index (χ1n) is 8.70. The summed E-state index contributed by atoms with van der Waals surface area (Å²) in [5.41, 5.74) is 2.17. The Morgan fingerprint density at radius 3 is 2.67 bits per heavy atom. The van der Waals surface area contributed by atoms with Gasteiger partial charge in [-0.15, -0.1) is 0 Å². The molecule has 7 nitrogen and oxygen atoms in total. The van der Waals surface area contributed by atoms with Crippen LogP contribution in [0.25, 0.3) is 5.69 Å². The number of nitrogens with zero attached hydrogens (tertiary/aromatic N) is 4. The molecule has 0 saturated carbocycles. The number of benzene rings is 1. The maximum Gasteiger partial charge on any atom is 0.253 e. The molecule has 0 aliphatic rings. The lowest BCUT2D eigenvalue weighted by Gasteiger charge is -2.19.